The molecule has 0 spiro atoms. The number of nitrogens with one attached hydrogen (secondary N) is 1. The number of carbonyl (C=O) groups excluding carboxylic acids is 1. The number of carbonyl (C=O) groups is 1. The molecule has 3 heteroatoms. The maximum atomic E-state index is 12.2. The van der Waals surface area contributed by atoms with Gasteiger partial charge in [0.2, 0.25) is 5.91 Å². The Morgan fingerprint density at radius 2 is 1.52 bits per heavy atom. The smallest absolute Gasteiger partial charge is 0.225 e. The van der Waals surface area contributed by atoms with E-state index in [2.05, 4.69) is 12.2 Å². The fourth-order valence-electron chi connectivity index (χ4n) is 2.19. The molecule has 2 N–H and O–H groups in total. The Labute approximate surface area is 131 Å². The molecule has 0 radical (unpaired) electrons. The number of aliphatic hydroxyl groups is 1. The van der Waals surface area contributed by atoms with Crippen LogP contribution >= 0.6 is 0 Å². The lowest BCUT2D eigenvalue weighted by Gasteiger charge is -2.29. The van der Waals surface area contributed by atoms with Crippen LogP contribution in [0.2, 0.25) is 0 Å². The molecule has 126 valence electrons. The summed E-state index contributed by atoms with van der Waals surface area (Å²) in [7, 11) is 0. The van der Waals surface area contributed by atoms with E-state index in [-0.39, 0.29) is 23.3 Å². The van der Waals surface area contributed by atoms with Gasteiger partial charge in [0, 0.05) is 18.6 Å². The summed E-state index contributed by atoms with van der Waals surface area (Å²) in [5.41, 5.74) is -0.453. The summed E-state index contributed by atoms with van der Waals surface area (Å²) in [6, 6.07) is 0. The van der Waals surface area contributed by atoms with Gasteiger partial charge in [-0.3, -0.25) is 4.79 Å². The minimum Gasteiger partial charge on any atom is -0.396 e. The van der Waals surface area contributed by atoms with Gasteiger partial charge < -0.3 is 10.4 Å². The second kappa shape index (κ2) is 10.2. The molecular formula is C18H37NO2. The predicted octanol–water partition coefficient (Wildman–Crippen LogP) is 4.29. The van der Waals surface area contributed by atoms with Gasteiger partial charge in [-0.05, 0) is 24.7 Å². The van der Waals surface area contributed by atoms with Gasteiger partial charge in [-0.1, -0.05) is 66.7 Å². The summed E-state index contributed by atoms with van der Waals surface area (Å²) in [4.78, 5) is 12.2. The average Bonchev–Trinajstić information content (AvgIpc) is 2.44. The molecule has 3 nitrogen and oxygen atoms in total. The zero-order valence-corrected chi connectivity index (χ0v) is 14.9. The number of unbranched alkanes of at least 4 members (excludes halogenated alkanes) is 5. The predicted molar refractivity (Wildman–Crippen MR) is 90.3 cm³/mol. The van der Waals surface area contributed by atoms with Gasteiger partial charge in [0.1, 0.15) is 0 Å². The van der Waals surface area contributed by atoms with Crippen LogP contribution in [0, 0.1) is 10.8 Å². The summed E-state index contributed by atoms with van der Waals surface area (Å²) in [6.45, 7) is 11.3. The fourth-order valence-corrected chi connectivity index (χ4v) is 2.19. The maximum Gasteiger partial charge on any atom is 0.225 e. The number of hydrogen-bond donors (Lipinski definition) is 2. The minimum absolute atomic E-state index is 0.100. The van der Waals surface area contributed by atoms with Crippen molar-refractivity contribution in [2.24, 2.45) is 10.8 Å². The first-order valence-electron chi connectivity index (χ1n) is 8.64. The lowest BCUT2D eigenvalue weighted by atomic mass is 9.79. The molecule has 0 atom stereocenters. The lowest BCUT2D eigenvalue weighted by molar-refractivity contribution is -0.130. The van der Waals surface area contributed by atoms with Gasteiger partial charge in [-0.25, -0.2) is 0 Å². The van der Waals surface area contributed by atoms with Gasteiger partial charge in [-0.2, -0.15) is 0 Å². The Hall–Kier alpha value is -0.570. The van der Waals surface area contributed by atoms with Gasteiger partial charge in [0.05, 0.1) is 0 Å². The quantitative estimate of drug-likeness (QED) is 0.528. The second-order valence-electron chi connectivity index (χ2n) is 7.73. The third-order valence-electron chi connectivity index (χ3n) is 4.29. The van der Waals surface area contributed by atoms with Gasteiger partial charge in [0.25, 0.3) is 0 Å². The standard InChI is InChI=1S/C18H37NO2/c1-6-7-8-9-10-11-14-19-16(21)18(4,5)13-12-17(2,3)15-20/h20H,6-15H2,1-5H3,(H,19,21). The molecule has 0 fully saturated rings. The highest BCUT2D eigenvalue weighted by molar-refractivity contribution is 5.81. The SMILES string of the molecule is CCCCCCCCNC(=O)C(C)(C)CCC(C)(C)CO. The molecule has 0 aliphatic carbocycles. The largest absolute Gasteiger partial charge is 0.396 e. The Morgan fingerprint density at radius 1 is 0.952 bits per heavy atom. The number of hydrogen-bond acceptors (Lipinski definition) is 2. The van der Waals surface area contributed by atoms with Crippen molar-refractivity contribution in [2.75, 3.05) is 13.2 Å². The summed E-state index contributed by atoms with van der Waals surface area (Å²) < 4.78 is 0. The first-order chi connectivity index (χ1) is 9.75. The molecule has 0 bridgehead atoms. The van der Waals surface area contributed by atoms with Crippen molar-refractivity contribution in [3.63, 3.8) is 0 Å². The zero-order chi connectivity index (χ0) is 16.4. The van der Waals surface area contributed by atoms with E-state index in [0.717, 1.165) is 25.8 Å². The van der Waals surface area contributed by atoms with E-state index in [1.54, 1.807) is 0 Å². The molecule has 0 heterocycles. The second-order valence-corrected chi connectivity index (χ2v) is 7.73. The summed E-state index contributed by atoms with van der Waals surface area (Å²) in [6.07, 6.45) is 9.13. The van der Waals surface area contributed by atoms with E-state index < -0.39 is 0 Å². The molecule has 0 saturated carbocycles. The van der Waals surface area contributed by atoms with Crippen LogP contribution in [0.5, 0.6) is 0 Å². The van der Waals surface area contributed by atoms with E-state index in [9.17, 15) is 9.90 Å². The maximum absolute atomic E-state index is 12.2. The highest BCUT2D eigenvalue weighted by Gasteiger charge is 2.29. The van der Waals surface area contributed by atoms with Crippen LogP contribution in [-0.2, 0) is 4.79 Å². The van der Waals surface area contributed by atoms with Crippen LogP contribution in [0.15, 0.2) is 0 Å². The first kappa shape index (κ1) is 20.4. The number of aliphatic hydroxyl groups excluding tert-OH is 1. The van der Waals surface area contributed by atoms with Crippen LogP contribution in [0.25, 0.3) is 0 Å². The van der Waals surface area contributed by atoms with E-state index in [1.165, 1.54) is 32.1 Å². The molecule has 0 rings (SSSR count). The molecule has 0 aromatic carbocycles. The molecule has 0 saturated heterocycles. The van der Waals surface area contributed by atoms with Gasteiger partial charge >= 0.3 is 0 Å². The Balaban J connectivity index is 3.87. The van der Waals surface area contributed by atoms with Crippen molar-refractivity contribution in [3.05, 3.63) is 0 Å². The van der Waals surface area contributed by atoms with Crippen LogP contribution in [0.3, 0.4) is 0 Å². The van der Waals surface area contributed by atoms with Crippen molar-refractivity contribution in [1.29, 1.82) is 0 Å². The Bertz CT molecular complexity index is 285. The van der Waals surface area contributed by atoms with Crippen LogP contribution < -0.4 is 5.32 Å². The molecule has 0 aliphatic rings. The molecular weight excluding hydrogens is 262 g/mol. The lowest BCUT2D eigenvalue weighted by Crippen LogP contribution is -2.38. The topological polar surface area (TPSA) is 49.3 Å². The van der Waals surface area contributed by atoms with E-state index in [1.807, 2.05) is 27.7 Å². The first-order valence-corrected chi connectivity index (χ1v) is 8.64. The van der Waals surface area contributed by atoms with E-state index >= 15 is 0 Å². The van der Waals surface area contributed by atoms with Crippen LogP contribution in [0.1, 0.15) is 86.0 Å². The Kier molecular flexibility index (Phi) is 9.93. The minimum atomic E-state index is -0.353. The summed E-state index contributed by atoms with van der Waals surface area (Å²) in [5.74, 6) is 0.143. The summed E-state index contributed by atoms with van der Waals surface area (Å²) in [5, 5.41) is 12.4. The van der Waals surface area contributed by atoms with E-state index in [4.69, 9.17) is 0 Å². The van der Waals surface area contributed by atoms with Crippen molar-refractivity contribution >= 4 is 5.91 Å². The van der Waals surface area contributed by atoms with Gasteiger partial charge in [0.15, 0.2) is 0 Å². The normalized spacial score (nSPS) is 12.5. The molecule has 1 amide bonds. The van der Waals surface area contributed by atoms with Crippen LogP contribution in [0.4, 0.5) is 0 Å². The van der Waals surface area contributed by atoms with E-state index in [0.29, 0.717) is 0 Å². The van der Waals surface area contributed by atoms with Crippen LogP contribution in [-0.4, -0.2) is 24.2 Å². The fraction of sp³-hybridized carbons (Fsp3) is 0.944. The van der Waals surface area contributed by atoms with Crippen molar-refractivity contribution < 1.29 is 9.90 Å². The molecule has 0 aromatic rings. The molecule has 21 heavy (non-hydrogen) atoms. The zero-order valence-electron chi connectivity index (χ0n) is 14.9. The monoisotopic (exact) mass is 299 g/mol. The third-order valence-corrected chi connectivity index (χ3v) is 4.29. The molecule has 0 aliphatic heterocycles. The summed E-state index contributed by atoms with van der Waals surface area (Å²) >= 11 is 0. The van der Waals surface area contributed by atoms with Gasteiger partial charge in [-0.15, -0.1) is 0 Å². The number of rotatable bonds is 12. The van der Waals surface area contributed by atoms with Crippen molar-refractivity contribution in [1.82, 2.24) is 5.32 Å². The third kappa shape index (κ3) is 9.89. The van der Waals surface area contributed by atoms with Crippen molar-refractivity contribution in [3.8, 4) is 0 Å². The molecule has 0 aromatic heterocycles. The highest BCUT2D eigenvalue weighted by atomic mass is 16.3. The highest BCUT2D eigenvalue weighted by Crippen LogP contribution is 2.30. The molecule has 0 unspecified atom stereocenters. The Morgan fingerprint density at radius 3 is 2.10 bits per heavy atom. The average molecular weight is 299 g/mol. The van der Waals surface area contributed by atoms with Crippen molar-refractivity contribution in [2.45, 2.75) is 86.0 Å². The number of amides is 1.